The second-order valence-corrected chi connectivity index (χ2v) is 6.40. The molecule has 1 saturated heterocycles. The number of nitrogens with zero attached hydrogens (tertiary/aromatic N) is 2. The lowest BCUT2D eigenvalue weighted by molar-refractivity contribution is 0.0749. The quantitative estimate of drug-likeness (QED) is 0.907. The van der Waals surface area contributed by atoms with Crippen molar-refractivity contribution in [1.29, 1.82) is 0 Å². The zero-order valence-electron chi connectivity index (χ0n) is 13.1. The first kappa shape index (κ1) is 15.3. The second kappa shape index (κ2) is 7.09. The van der Waals surface area contributed by atoms with Gasteiger partial charge in [0.2, 0.25) is 5.56 Å². The van der Waals surface area contributed by atoms with Gasteiger partial charge in [-0.2, -0.15) is 0 Å². The van der Waals surface area contributed by atoms with Gasteiger partial charge in [0, 0.05) is 38.3 Å². The summed E-state index contributed by atoms with van der Waals surface area (Å²) in [6.45, 7) is 3.57. The Morgan fingerprint density at radius 2 is 1.82 bits per heavy atom. The second-order valence-electron chi connectivity index (χ2n) is 6.40. The molecule has 1 aromatic rings. The van der Waals surface area contributed by atoms with Crippen LogP contribution in [0.25, 0.3) is 0 Å². The topological polar surface area (TPSA) is 56.4 Å². The Morgan fingerprint density at radius 3 is 2.59 bits per heavy atom. The van der Waals surface area contributed by atoms with Crippen LogP contribution in [0.15, 0.2) is 23.0 Å². The Balaban J connectivity index is 1.62. The maximum atomic E-state index is 12.5. The normalized spacial score (nSPS) is 21.5. The summed E-state index contributed by atoms with van der Waals surface area (Å²) in [4.78, 5) is 31.0. The van der Waals surface area contributed by atoms with E-state index in [0.29, 0.717) is 11.7 Å². The first-order chi connectivity index (χ1) is 10.7. The third-order valence-corrected chi connectivity index (χ3v) is 4.91. The predicted octanol–water partition coefficient (Wildman–Crippen LogP) is 1.86. The molecule has 5 nitrogen and oxygen atoms in total. The van der Waals surface area contributed by atoms with Gasteiger partial charge in [0.1, 0.15) is 5.69 Å². The van der Waals surface area contributed by atoms with Gasteiger partial charge in [0.15, 0.2) is 0 Å². The molecule has 0 bridgehead atoms. The van der Waals surface area contributed by atoms with Gasteiger partial charge in [0.25, 0.3) is 5.91 Å². The minimum atomic E-state index is -0.218. The highest BCUT2D eigenvalue weighted by Crippen LogP contribution is 2.23. The molecule has 1 aromatic heterocycles. The number of H-pyrrole nitrogens is 1. The van der Waals surface area contributed by atoms with E-state index >= 15 is 0 Å². The molecule has 0 spiro atoms. The summed E-state index contributed by atoms with van der Waals surface area (Å²) in [6.07, 6.45) is 7.68. The van der Waals surface area contributed by atoms with Crippen LogP contribution < -0.4 is 5.56 Å². The molecule has 0 aromatic carbocycles. The molecule has 1 amide bonds. The van der Waals surface area contributed by atoms with E-state index in [0.717, 1.165) is 32.6 Å². The number of hydrogen-bond acceptors (Lipinski definition) is 3. The molecule has 120 valence electrons. The van der Waals surface area contributed by atoms with Crippen molar-refractivity contribution < 1.29 is 4.79 Å². The third kappa shape index (κ3) is 3.58. The van der Waals surface area contributed by atoms with Crippen molar-refractivity contribution in [2.24, 2.45) is 0 Å². The number of amides is 1. The van der Waals surface area contributed by atoms with Gasteiger partial charge < -0.3 is 9.88 Å². The van der Waals surface area contributed by atoms with E-state index in [1.165, 1.54) is 38.2 Å². The van der Waals surface area contributed by atoms with Gasteiger partial charge in [-0.25, -0.2) is 0 Å². The number of pyridine rings is 1. The van der Waals surface area contributed by atoms with Gasteiger partial charge in [-0.1, -0.05) is 25.3 Å². The number of rotatable bonds is 2. The molecule has 2 heterocycles. The molecule has 3 rings (SSSR count). The number of hydrogen-bond donors (Lipinski definition) is 1. The average Bonchev–Trinajstić information content (AvgIpc) is 2.81. The highest BCUT2D eigenvalue weighted by molar-refractivity contribution is 5.92. The van der Waals surface area contributed by atoms with E-state index in [1.54, 1.807) is 12.1 Å². The van der Waals surface area contributed by atoms with Crippen molar-refractivity contribution in [2.45, 2.75) is 44.6 Å². The monoisotopic (exact) mass is 303 g/mol. The van der Waals surface area contributed by atoms with Crippen LogP contribution in [0.2, 0.25) is 0 Å². The van der Waals surface area contributed by atoms with E-state index < -0.39 is 0 Å². The maximum Gasteiger partial charge on any atom is 0.270 e. The molecule has 0 unspecified atom stereocenters. The first-order valence-electron chi connectivity index (χ1n) is 8.47. The Hall–Kier alpha value is -1.62. The summed E-state index contributed by atoms with van der Waals surface area (Å²) < 4.78 is 0. The van der Waals surface area contributed by atoms with Gasteiger partial charge in [0.05, 0.1) is 0 Å². The van der Waals surface area contributed by atoms with Crippen LogP contribution in [0.4, 0.5) is 0 Å². The summed E-state index contributed by atoms with van der Waals surface area (Å²) in [7, 11) is 0. The molecule has 0 radical (unpaired) electrons. The molecule has 1 aliphatic heterocycles. The van der Waals surface area contributed by atoms with Crippen LogP contribution in [0.5, 0.6) is 0 Å². The van der Waals surface area contributed by atoms with Crippen molar-refractivity contribution in [2.75, 3.05) is 26.2 Å². The lowest BCUT2D eigenvalue weighted by Gasteiger charge is -2.33. The highest BCUT2D eigenvalue weighted by atomic mass is 16.2. The highest BCUT2D eigenvalue weighted by Gasteiger charge is 2.25. The molecule has 5 heteroatoms. The van der Waals surface area contributed by atoms with Crippen LogP contribution >= 0.6 is 0 Å². The molecule has 2 aliphatic rings. The van der Waals surface area contributed by atoms with Crippen LogP contribution in [-0.4, -0.2) is 52.9 Å². The summed E-state index contributed by atoms with van der Waals surface area (Å²) in [6, 6.07) is 5.47. The standard InChI is InChI=1S/C17H25N3O2/c21-16-9-4-8-15(18-16)17(22)20-11-5-10-19(12-13-20)14-6-2-1-3-7-14/h4,8-9,14H,1-3,5-7,10-13H2,(H,18,21). The van der Waals surface area contributed by atoms with Crippen LogP contribution in [0, 0.1) is 0 Å². The Labute approximate surface area is 131 Å². The number of nitrogens with one attached hydrogen (secondary N) is 1. The van der Waals surface area contributed by atoms with E-state index in [9.17, 15) is 9.59 Å². The Bertz CT molecular complexity index is 563. The van der Waals surface area contributed by atoms with Crippen LogP contribution in [-0.2, 0) is 0 Å². The molecule has 0 atom stereocenters. The van der Waals surface area contributed by atoms with Gasteiger partial charge >= 0.3 is 0 Å². The smallest absolute Gasteiger partial charge is 0.270 e. The van der Waals surface area contributed by atoms with E-state index in [2.05, 4.69) is 9.88 Å². The molecule has 22 heavy (non-hydrogen) atoms. The zero-order chi connectivity index (χ0) is 15.4. The van der Waals surface area contributed by atoms with Crippen molar-refractivity contribution in [3.63, 3.8) is 0 Å². The fraction of sp³-hybridized carbons (Fsp3) is 0.647. The molecule has 1 aliphatic carbocycles. The predicted molar refractivity (Wildman–Crippen MR) is 86.0 cm³/mol. The molecular weight excluding hydrogens is 278 g/mol. The van der Waals surface area contributed by atoms with E-state index in [4.69, 9.17) is 0 Å². The van der Waals surface area contributed by atoms with E-state index in [-0.39, 0.29) is 11.5 Å². The molecule has 1 N–H and O–H groups in total. The van der Waals surface area contributed by atoms with Crippen molar-refractivity contribution in [3.05, 3.63) is 34.2 Å². The first-order valence-corrected chi connectivity index (χ1v) is 8.47. The van der Waals surface area contributed by atoms with Gasteiger partial charge in [-0.05, 0) is 25.3 Å². The van der Waals surface area contributed by atoms with Crippen molar-refractivity contribution in [1.82, 2.24) is 14.8 Å². The largest absolute Gasteiger partial charge is 0.336 e. The minimum absolute atomic E-state index is 0.0526. The van der Waals surface area contributed by atoms with Gasteiger partial charge in [-0.15, -0.1) is 0 Å². The number of aromatic nitrogens is 1. The number of carbonyl (C=O) groups excluding carboxylic acids is 1. The molecule has 2 fully saturated rings. The van der Waals surface area contributed by atoms with Crippen LogP contribution in [0.3, 0.4) is 0 Å². The van der Waals surface area contributed by atoms with Crippen molar-refractivity contribution in [3.8, 4) is 0 Å². The summed E-state index contributed by atoms with van der Waals surface area (Å²) >= 11 is 0. The molecule has 1 saturated carbocycles. The Morgan fingerprint density at radius 1 is 1.00 bits per heavy atom. The average molecular weight is 303 g/mol. The Kier molecular flexibility index (Phi) is 4.93. The lowest BCUT2D eigenvalue weighted by Crippen LogP contribution is -2.40. The minimum Gasteiger partial charge on any atom is -0.336 e. The fourth-order valence-electron chi connectivity index (χ4n) is 3.69. The fourth-order valence-corrected chi connectivity index (χ4v) is 3.69. The van der Waals surface area contributed by atoms with E-state index in [1.807, 2.05) is 4.90 Å². The summed E-state index contributed by atoms with van der Waals surface area (Å²) in [5.74, 6) is -0.0526. The summed E-state index contributed by atoms with van der Waals surface area (Å²) in [5, 5.41) is 0. The van der Waals surface area contributed by atoms with Crippen molar-refractivity contribution >= 4 is 5.91 Å². The van der Waals surface area contributed by atoms with Gasteiger partial charge in [-0.3, -0.25) is 14.5 Å². The number of aromatic amines is 1. The number of carbonyl (C=O) groups is 1. The third-order valence-electron chi connectivity index (χ3n) is 4.91. The summed E-state index contributed by atoms with van der Waals surface area (Å²) in [5.41, 5.74) is 0.183. The molecular formula is C17H25N3O2. The maximum absolute atomic E-state index is 12.5. The zero-order valence-corrected chi connectivity index (χ0v) is 13.1. The SMILES string of the molecule is O=C(c1cccc(=O)[nH]1)N1CCCN(C2CCCCC2)CC1. The van der Waals surface area contributed by atoms with Crippen LogP contribution in [0.1, 0.15) is 49.0 Å². The lowest BCUT2D eigenvalue weighted by atomic mass is 9.94.